The minimum absolute atomic E-state index is 0.122. The molecule has 1 aromatic rings. The fraction of sp³-hybridized carbons (Fsp3) is 0.650. The lowest BCUT2D eigenvalue weighted by Gasteiger charge is -2.34. The molecule has 3 unspecified atom stereocenters. The fourth-order valence-electron chi connectivity index (χ4n) is 3.56. The predicted molar refractivity (Wildman–Crippen MR) is 112 cm³/mol. The lowest BCUT2D eigenvalue weighted by atomic mass is 9.78. The maximum atomic E-state index is 12.2. The van der Waals surface area contributed by atoms with Gasteiger partial charge in [0.25, 0.3) is 0 Å². The van der Waals surface area contributed by atoms with Crippen LogP contribution in [0.1, 0.15) is 58.8 Å². The topological polar surface area (TPSA) is 75.3 Å². The van der Waals surface area contributed by atoms with Crippen molar-refractivity contribution in [1.82, 2.24) is 10.0 Å². The molecular formula is C20H31BrN2O3S. The Morgan fingerprint density at radius 1 is 1.11 bits per heavy atom. The summed E-state index contributed by atoms with van der Waals surface area (Å²) in [5.41, 5.74) is 0. The molecule has 1 amide bonds. The molecule has 2 rings (SSSR count). The van der Waals surface area contributed by atoms with Crippen molar-refractivity contribution in [2.45, 2.75) is 69.7 Å². The van der Waals surface area contributed by atoms with Gasteiger partial charge in [0, 0.05) is 23.5 Å². The van der Waals surface area contributed by atoms with Crippen LogP contribution in [0.15, 0.2) is 33.6 Å². The van der Waals surface area contributed by atoms with E-state index in [9.17, 15) is 13.2 Å². The standard InChI is InChI=1S/C20H31BrN2O3S/c1-15-7-6-8-19(16(15)2)23-20(24)9-4-3-5-14-22-27(25,26)18-12-10-17(21)11-13-18/h10-13,15-16,19,22H,3-9,14H2,1-2H3,(H,23,24). The van der Waals surface area contributed by atoms with E-state index in [0.29, 0.717) is 30.8 Å². The molecule has 0 heterocycles. The minimum Gasteiger partial charge on any atom is -0.353 e. The van der Waals surface area contributed by atoms with E-state index in [-0.39, 0.29) is 10.8 Å². The van der Waals surface area contributed by atoms with Crippen molar-refractivity contribution >= 4 is 31.9 Å². The first kappa shape index (κ1) is 22.4. The summed E-state index contributed by atoms with van der Waals surface area (Å²) < 4.78 is 27.8. The second-order valence-electron chi connectivity index (χ2n) is 7.60. The van der Waals surface area contributed by atoms with Crippen LogP contribution in [-0.2, 0) is 14.8 Å². The van der Waals surface area contributed by atoms with Crippen LogP contribution in [0.2, 0.25) is 0 Å². The summed E-state index contributed by atoms with van der Waals surface area (Å²) in [5, 5.41) is 3.19. The molecule has 0 spiro atoms. The molecule has 3 atom stereocenters. The van der Waals surface area contributed by atoms with Crippen molar-refractivity contribution in [2.75, 3.05) is 6.54 Å². The highest BCUT2D eigenvalue weighted by atomic mass is 79.9. The number of hydrogen-bond donors (Lipinski definition) is 2. The number of unbranched alkanes of at least 4 members (excludes halogenated alkanes) is 2. The van der Waals surface area contributed by atoms with Crippen molar-refractivity contribution in [3.63, 3.8) is 0 Å². The van der Waals surface area contributed by atoms with Gasteiger partial charge in [-0.3, -0.25) is 4.79 Å². The molecule has 0 aliphatic heterocycles. The van der Waals surface area contributed by atoms with Gasteiger partial charge in [-0.15, -0.1) is 0 Å². The van der Waals surface area contributed by atoms with E-state index in [1.807, 2.05) is 0 Å². The molecule has 27 heavy (non-hydrogen) atoms. The van der Waals surface area contributed by atoms with Gasteiger partial charge < -0.3 is 5.32 Å². The molecule has 7 heteroatoms. The maximum Gasteiger partial charge on any atom is 0.240 e. The monoisotopic (exact) mass is 458 g/mol. The molecule has 1 aliphatic carbocycles. The lowest BCUT2D eigenvalue weighted by Crippen LogP contribution is -2.43. The quantitative estimate of drug-likeness (QED) is 0.543. The van der Waals surface area contributed by atoms with Crippen LogP contribution >= 0.6 is 15.9 Å². The van der Waals surface area contributed by atoms with Gasteiger partial charge in [-0.1, -0.05) is 49.0 Å². The average molecular weight is 459 g/mol. The first-order valence-corrected chi connectivity index (χ1v) is 12.1. The van der Waals surface area contributed by atoms with E-state index < -0.39 is 10.0 Å². The van der Waals surface area contributed by atoms with Gasteiger partial charge >= 0.3 is 0 Å². The Bertz CT molecular complexity index is 706. The number of carbonyl (C=O) groups excluding carboxylic acids is 1. The SMILES string of the molecule is CC1CCCC(NC(=O)CCCCCNS(=O)(=O)c2ccc(Br)cc2)C1C. The van der Waals surface area contributed by atoms with Gasteiger partial charge in [-0.2, -0.15) is 0 Å². The number of hydrogen-bond acceptors (Lipinski definition) is 3. The lowest BCUT2D eigenvalue weighted by molar-refractivity contribution is -0.122. The van der Waals surface area contributed by atoms with Crippen LogP contribution < -0.4 is 10.0 Å². The highest BCUT2D eigenvalue weighted by Crippen LogP contribution is 2.29. The van der Waals surface area contributed by atoms with Crippen LogP contribution in [0.5, 0.6) is 0 Å². The molecule has 152 valence electrons. The fourth-order valence-corrected chi connectivity index (χ4v) is 4.89. The number of sulfonamides is 1. The van der Waals surface area contributed by atoms with E-state index in [2.05, 4.69) is 39.8 Å². The zero-order valence-corrected chi connectivity index (χ0v) is 18.6. The van der Waals surface area contributed by atoms with E-state index in [1.165, 1.54) is 12.8 Å². The van der Waals surface area contributed by atoms with Crippen molar-refractivity contribution in [1.29, 1.82) is 0 Å². The first-order valence-electron chi connectivity index (χ1n) is 9.84. The predicted octanol–water partition coefficient (Wildman–Crippen LogP) is 4.23. The number of halogens is 1. The van der Waals surface area contributed by atoms with Crippen LogP contribution in [0, 0.1) is 11.8 Å². The number of nitrogens with one attached hydrogen (secondary N) is 2. The molecule has 0 radical (unpaired) electrons. The van der Waals surface area contributed by atoms with E-state index in [4.69, 9.17) is 0 Å². The summed E-state index contributed by atoms with van der Waals surface area (Å²) in [7, 11) is -3.46. The Kier molecular flexibility index (Phi) is 8.76. The smallest absolute Gasteiger partial charge is 0.240 e. The maximum absolute atomic E-state index is 12.2. The zero-order chi connectivity index (χ0) is 19.9. The van der Waals surface area contributed by atoms with Gasteiger partial charge in [0.05, 0.1) is 4.90 Å². The highest BCUT2D eigenvalue weighted by Gasteiger charge is 2.27. The summed E-state index contributed by atoms with van der Waals surface area (Å²) in [6.07, 6.45) is 6.36. The van der Waals surface area contributed by atoms with Gasteiger partial charge in [0.1, 0.15) is 0 Å². The van der Waals surface area contributed by atoms with Crippen LogP contribution in [0.4, 0.5) is 0 Å². The molecule has 2 N–H and O–H groups in total. The molecule has 1 aliphatic rings. The number of rotatable bonds is 9. The number of carbonyl (C=O) groups is 1. The third kappa shape index (κ3) is 7.20. The van der Waals surface area contributed by atoms with Gasteiger partial charge in [-0.05, 0) is 55.4 Å². The Morgan fingerprint density at radius 2 is 1.81 bits per heavy atom. The Balaban J connectivity index is 1.61. The Morgan fingerprint density at radius 3 is 2.52 bits per heavy atom. The van der Waals surface area contributed by atoms with E-state index in [1.54, 1.807) is 24.3 Å². The van der Waals surface area contributed by atoms with Crippen LogP contribution in [0.25, 0.3) is 0 Å². The van der Waals surface area contributed by atoms with Crippen LogP contribution in [-0.4, -0.2) is 26.9 Å². The molecule has 1 aromatic carbocycles. The second-order valence-corrected chi connectivity index (χ2v) is 10.3. The molecule has 1 saturated carbocycles. The van der Waals surface area contributed by atoms with E-state index >= 15 is 0 Å². The Hall–Kier alpha value is -0.920. The number of benzene rings is 1. The normalized spacial score (nSPS) is 23.1. The van der Waals surface area contributed by atoms with Crippen LogP contribution in [0.3, 0.4) is 0 Å². The third-order valence-corrected chi connectivity index (χ3v) is 7.56. The summed E-state index contributed by atoms with van der Waals surface area (Å²) in [6, 6.07) is 6.87. The molecule has 0 bridgehead atoms. The second kappa shape index (κ2) is 10.6. The largest absolute Gasteiger partial charge is 0.353 e. The summed E-state index contributed by atoms with van der Waals surface area (Å²) in [5.74, 6) is 1.33. The van der Waals surface area contributed by atoms with Gasteiger partial charge in [0.15, 0.2) is 0 Å². The Labute approximate surface area is 171 Å². The summed E-state index contributed by atoms with van der Waals surface area (Å²) in [6.45, 7) is 4.88. The highest BCUT2D eigenvalue weighted by molar-refractivity contribution is 9.10. The van der Waals surface area contributed by atoms with E-state index in [0.717, 1.165) is 30.2 Å². The van der Waals surface area contributed by atoms with Gasteiger partial charge in [-0.25, -0.2) is 13.1 Å². The molecule has 0 saturated heterocycles. The van der Waals surface area contributed by atoms with Gasteiger partial charge in [0.2, 0.25) is 15.9 Å². The molecule has 5 nitrogen and oxygen atoms in total. The average Bonchev–Trinajstić information content (AvgIpc) is 2.62. The van der Waals surface area contributed by atoms with Crippen molar-refractivity contribution < 1.29 is 13.2 Å². The summed E-state index contributed by atoms with van der Waals surface area (Å²) in [4.78, 5) is 12.4. The molecular weight excluding hydrogens is 428 g/mol. The zero-order valence-electron chi connectivity index (χ0n) is 16.2. The van der Waals surface area contributed by atoms with Crippen molar-refractivity contribution in [2.24, 2.45) is 11.8 Å². The van der Waals surface area contributed by atoms with Crippen molar-refractivity contribution in [3.8, 4) is 0 Å². The molecule has 0 aromatic heterocycles. The van der Waals surface area contributed by atoms with Crippen molar-refractivity contribution in [3.05, 3.63) is 28.7 Å². The minimum atomic E-state index is -3.46. The first-order chi connectivity index (χ1) is 12.8. The molecule has 1 fully saturated rings. The number of amides is 1. The summed E-state index contributed by atoms with van der Waals surface area (Å²) >= 11 is 3.29. The third-order valence-electron chi connectivity index (χ3n) is 5.55.